The van der Waals surface area contributed by atoms with Crippen molar-refractivity contribution in [2.75, 3.05) is 17.3 Å². The van der Waals surface area contributed by atoms with Gasteiger partial charge >= 0.3 is 0 Å². The molecule has 1 aromatic heterocycles. The van der Waals surface area contributed by atoms with E-state index in [2.05, 4.69) is 14.9 Å². The fraction of sp³-hybridized carbons (Fsp3) is 0.636. The fourth-order valence-corrected chi connectivity index (χ4v) is 2.39. The van der Waals surface area contributed by atoms with Gasteiger partial charge in [0, 0.05) is 24.7 Å². The summed E-state index contributed by atoms with van der Waals surface area (Å²) in [6.45, 7) is 5.03. The lowest BCUT2D eigenvalue weighted by Crippen LogP contribution is -2.32. The molecule has 0 aromatic carbocycles. The predicted octanol–water partition coefficient (Wildman–Crippen LogP) is 2.30. The van der Waals surface area contributed by atoms with E-state index in [1.54, 1.807) is 0 Å². The van der Waals surface area contributed by atoms with Gasteiger partial charge in [-0.1, -0.05) is 0 Å². The van der Waals surface area contributed by atoms with E-state index in [0.29, 0.717) is 11.9 Å². The molecule has 2 heterocycles. The molecular formula is C11H16ClN3. The Morgan fingerprint density at radius 2 is 2.33 bits per heavy atom. The van der Waals surface area contributed by atoms with Crippen molar-refractivity contribution in [2.24, 2.45) is 0 Å². The number of alkyl halides is 1. The van der Waals surface area contributed by atoms with Crippen LogP contribution < -0.4 is 4.90 Å². The molecule has 82 valence electrons. The van der Waals surface area contributed by atoms with Gasteiger partial charge in [0.25, 0.3) is 0 Å². The van der Waals surface area contributed by atoms with Crippen LogP contribution >= 0.6 is 11.6 Å². The third-order valence-electron chi connectivity index (χ3n) is 2.88. The standard InChI is InChI=1S/C11H16ClN3/c1-8-7-13-9(2)11(14-8)15-5-3-4-10(15)6-12/h7,10H,3-6H2,1-2H3. The van der Waals surface area contributed by atoms with E-state index in [4.69, 9.17) is 11.6 Å². The zero-order chi connectivity index (χ0) is 10.8. The molecule has 0 aliphatic carbocycles. The van der Waals surface area contributed by atoms with Crippen LogP contribution in [-0.4, -0.2) is 28.4 Å². The number of hydrogen-bond acceptors (Lipinski definition) is 3. The normalized spacial score (nSPS) is 21.0. The molecule has 0 bridgehead atoms. The lowest BCUT2D eigenvalue weighted by Gasteiger charge is -2.25. The zero-order valence-electron chi connectivity index (χ0n) is 9.20. The van der Waals surface area contributed by atoms with Gasteiger partial charge in [0.1, 0.15) is 0 Å². The van der Waals surface area contributed by atoms with Crippen LogP contribution in [0.2, 0.25) is 0 Å². The average molecular weight is 226 g/mol. The van der Waals surface area contributed by atoms with Gasteiger partial charge in [-0.3, -0.25) is 4.98 Å². The Morgan fingerprint density at radius 3 is 3.07 bits per heavy atom. The van der Waals surface area contributed by atoms with Crippen LogP contribution in [0.3, 0.4) is 0 Å². The van der Waals surface area contributed by atoms with Gasteiger partial charge in [0.05, 0.1) is 11.4 Å². The summed E-state index contributed by atoms with van der Waals surface area (Å²) in [5.41, 5.74) is 1.97. The monoisotopic (exact) mass is 225 g/mol. The maximum atomic E-state index is 5.95. The summed E-state index contributed by atoms with van der Waals surface area (Å²) in [4.78, 5) is 11.2. The number of aryl methyl sites for hydroxylation is 2. The third-order valence-corrected chi connectivity index (χ3v) is 3.23. The van der Waals surface area contributed by atoms with E-state index in [0.717, 1.165) is 23.8 Å². The van der Waals surface area contributed by atoms with Crippen LogP contribution in [-0.2, 0) is 0 Å². The third kappa shape index (κ3) is 2.07. The van der Waals surface area contributed by atoms with E-state index in [1.165, 1.54) is 12.8 Å². The summed E-state index contributed by atoms with van der Waals surface area (Å²) >= 11 is 5.95. The van der Waals surface area contributed by atoms with Crippen molar-refractivity contribution in [1.82, 2.24) is 9.97 Å². The molecule has 1 unspecified atom stereocenters. The predicted molar refractivity (Wildman–Crippen MR) is 62.6 cm³/mol. The molecule has 1 aliphatic heterocycles. The van der Waals surface area contributed by atoms with Gasteiger partial charge in [0.2, 0.25) is 0 Å². The summed E-state index contributed by atoms with van der Waals surface area (Å²) in [6, 6.07) is 0.432. The van der Waals surface area contributed by atoms with E-state index >= 15 is 0 Å². The molecule has 3 nitrogen and oxygen atoms in total. The topological polar surface area (TPSA) is 29.0 Å². The molecule has 0 N–H and O–H groups in total. The Hall–Kier alpha value is -0.830. The van der Waals surface area contributed by atoms with Gasteiger partial charge in [-0.25, -0.2) is 4.98 Å². The Labute approximate surface area is 95.5 Å². The highest BCUT2D eigenvalue weighted by Gasteiger charge is 2.26. The lowest BCUT2D eigenvalue weighted by molar-refractivity contribution is 0.727. The Kier molecular flexibility index (Phi) is 3.10. The molecule has 15 heavy (non-hydrogen) atoms. The van der Waals surface area contributed by atoms with Gasteiger partial charge < -0.3 is 4.90 Å². The van der Waals surface area contributed by atoms with Crippen molar-refractivity contribution < 1.29 is 0 Å². The number of nitrogens with zero attached hydrogens (tertiary/aromatic N) is 3. The van der Waals surface area contributed by atoms with E-state index < -0.39 is 0 Å². The van der Waals surface area contributed by atoms with E-state index in [-0.39, 0.29) is 0 Å². The second-order valence-electron chi connectivity index (χ2n) is 4.06. The second-order valence-corrected chi connectivity index (χ2v) is 4.37. The number of anilines is 1. The van der Waals surface area contributed by atoms with Gasteiger partial charge in [0.15, 0.2) is 5.82 Å². The highest BCUT2D eigenvalue weighted by Crippen LogP contribution is 2.26. The lowest BCUT2D eigenvalue weighted by atomic mass is 10.2. The van der Waals surface area contributed by atoms with Crippen LogP contribution in [0.4, 0.5) is 5.82 Å². The van der Waals surface area contributed by atoms with Crippen molar-refractivity contribution >= 4 is 17.4 Å². The molecule has 1 aliphatic rings. The molecule has 1 fully saturated rings. The van der Waals surface area contributed by atoms with E-state index in [9.17, 15) is 0 Å². The van der Waals surface area contributed by atoms with Crippen LogP contribution in [0.25, 0.3) is 0 Å². The molecule has 1 aromatic rings. The van der Waals surface area contributed by atoms with Crippen molar-refractivity contribution in [1.29, 1.82) is 0 Å². The SMILES string of the molecule is Cc1cnc(C)c(N2CCCC2CCl)n1. The molecule has 0 saturated carbocycles. The molecule has 1 saturated heterocycles. The Balaban J connectivity index is 2.31. The summed E-state index contributed by atoms with van der Waals surface area (Å²) in [6.07, 6.45) is 4.18. The average Bonchev–Trinajstić information content (AvgIpc) is 2.69. The number of halogens is 1. The maximum Gasteiger partial charge on any atom is 0.150 e. The van der Waals surface area contributed by atoms with Crippen molar-refractivity contribution in [3.05, 3.63) is 17.6 Å². The summed E-state index contributed by atoms with van der Waals surface area (Å²) in [5, 5.41) is 0. The van der Waals surface area contributed by atoms with Gasteiger partial charge in [-0.05, 0) is 26.7 Å². The first-order valence-corrected chi connectivity index (χ1v) is 5.88. The van der Waals surface area contributed by atoms with Gasteiger partial charge in [-0.2, -0.15) is 0 Å². The highest BCUT2D eigenvalue weighted by atomic mass is 35.5. The Morgan fingerprint density at radius 1 is 1.53 bits per heavy atom. The van der Waals surface area contributed by atoms with Crippen molar-refractivity contribution in [3.63, 3.8) is 0 Å². The zero-order valence-corrected chi connectivity index (χ0v) is 9.96. The minimum absolute atomic E-state index is 0.432. The number of aromatic nitrogens is 2. The minimum atomic E-state index is 0.432. The summed E-state index contributed by atoms with van der Waals surface area (Å²) in [5.74, 6) is 1.69. The maximum absolute atomic E-state index is 5.95. The summed E-state index contributed by atoms with van der Waals surface area (Å²) in [7, 11) is 0. The summed E-state index contributed by atoms with van der Waals surface area (Å²) < 4.78 is 0. The second kappa shape index (κ2) is 4.35. The van der Waals surface area contributed by atoms with Crippen LogP contribution in [0, 0.1) is 13.8 Å². The molecule has 4 heteroatoms. The van der Waals surface area contributed by atoms with Crippen molar-refractivity contribution in [3.8, 4) is 0 Å². The van der Waals surface area contributed by atoms with Gasteiger partial charge in [-0.15, -0.1) is 11.6 Å². The smallest absolute Gasteiger partial charge is 0.150 e. The molecule has 0 amide bonds. The molecule has 0 spiro atoms. The minimum Gasteiger partial charge on any atom is -0.351 e. The largest absolute Gasteiger partial charge is 0.351 e. The van der Waals surface area contributed by atoms with Crippen LogP contribution in [0.5, 0.6) is 0 Å². The molecule has 0 radical (unpaired) electrons. The van der Waals surface area contributed by atoms with Crippen LogP contribution in [0.1, 0.15) is 24.2 Å². The Bertz CT molecular complexity index is 354. The number of hydrogen-bond donors (Lipinski definition) is 0. The first-order chi connectivity index (χ1) is 7.22. The molecule has 2 rings (SSSR count). The van der Waals surface area contributed by atoms with Crippen molar-refractivity contribution in [2.45, 2.75) is 32.7 Å². The molecular weight excluding hydrogens is 210 g/mol. The van der Waals surface area contributed by atoms with Crippen LogP contribution in [0.15, 0.2) is 6.20 Å². The van der Waals surface area contributed by atoms with E-state index in [1.807, 2.05) is 20.0 Å². The first-order valence-electron chi connectivity index (χ1n) is 5.35. The quantitative estimate of drug-likeness (QED) is 0.724. The highest BCUT2D eigenvalue weighted by molar-refractivity contribution is 6.18. The number of rotatable bonds is 2. The first kappa shape index (κ1) is 10.7. The fourth-order valence-electron chi connectivity index (χ4n) is 2.07. The molecule has 1 atom stereocenters.